The van der Waals surface area contributed by atoms with Gasteiger partial charge in [0.15, 0.2) is 0 Å². The fraction of sp³-hybridized carbons (Fsp3) is 0.158. The summed E-state index contributed by atoms with van der Waals surface area (Å²) in [4.78, 5) is 11.8. The van der Waals surface area contributed by atoms with Crippen LogP contribution in [0.2, 0.25) is 5.02 Å². The Bertz CT molecular complexity index is 750. The van der Waals surface area contributed by atoms with Gasteiger partial charge in [-0.1, -0.05) is 48.5 Å². The molecule has 0 aromatic heterocycles. The third kappa shape index (κ3) is 7.45. The number of carbonyl (C=O) groups excluding carboxylic acids is 1. The molecule has 2 aromatic carbocycles. The van der Waals surface area contributed by atoms with Gasteiger partial charge < -0.3 is 4.74 Å². The van der Waals surface area contributed by atoms with Gasteiger partial charge in [-0.05, 0) is 35.4 Å². The number of nitrogens with zero attached hydrogens (tertiary/aromatic N) is 1. The number of carbonyl (C=O) groups is 1. The minimum atomic E-state index is -0.151. The fourth-order valence-electron chi connectivity index (χ4n) is 1.94. The van der Waals surface area contributed by atoms with E-state index in [-0.39, 0.29) is 5.91 Å². The average molecular weight is 375 g/mol. The Morgan fingerprint density at radius 2 is 2.12 bits per heavy atom. The lowest BCUT2D eigenvalue weighted by molar-refractivity contribution is -0.118. The van der Waals surface area contributed by atoms with E-state index in [1.807, 2.05) is 48.5 Å². The largest absolute Gasteiger partial charge is 0.490 e. The van der Waals surface area contributed by atoms with Crippen LogP contribution in [0.15, 0.2) is 66.3 Å². The van der Waals surface area contributed by atoms with Crippen LogP contribution in [0.5, 0.6) is 5.75 Å². The number of rotatable bonds is 9. The van der Waals surface area contributed by atoms with Crippen molar-refractivity contribution in [1.82, 2.24) is 5.43 Å². The highest BCUT2D eigenvalue weighted by atomic mass is 35.5. The smallest absolute Gasteiger partial charge is 0.250 e. The lowest BCUT2D eigenvalue weighted by Crippen LogP contribution is -2.19. The van der Waals surface area contributed by atoms with E-state index in [1.165, 1.54) is 11.8 Å². The number of nitrogens with one attached hydrogen (secondary N) is 1. The Balaban J connectivity index is 1.73. The van der Waals surface area contributed by atoms with Gasteiger partial charge in [0.1, 0.15) is 12.4 Å². The van der Waals surface area contributed by atoms with Gasteiger partial charge >= 0.3 is 0 Å². The van der Waals surface area contributed by atoms with Crippen LogP contribution >= 0.6 is 23.4 Å². The summed E-state index contributed by atoms with van der Waals surface area (Å²) in [5.41, 5.74) is 4.45. The molecule has 0 bridgehead atoms. The van der Waals surface area contributed by atoms with Gasteiger partial charge in [-0.3, -0.25) is 4.79 Å². The van der Waals surface area contributed by atoms with E-state index in [1.54, 1.807) is 12.3 Å². The third-order valence-electron chi connectivity index (χ3n) is 3.02. The Morgan fingerprint density at radius 3 is 2.92 bits per heavy atom. The molecule has 2 rings (SSSR count). The van der Waals surface area contributed by atoms with E-state index in [0.29, 0.717) is 17.4 Å². The second-order valence-electron chi connectivity index (χ2n) is 5.09. The van der Waals surface area contributed by atoms with Crippen molar-refractivity contribution in [2.75, 3.05) is 12.4 Å². The number of hydrazone groups is 1. The van der Waals surface area contributed by atoms with Gasteiger partial charge in [0.25, 0.3) is 0 Å². The van der Waals surface area contributed by atoms with Gasteiger partial charge in [-0.25, -0.2) is 5.43 Å². The van der Waals surface area contributed by atoms with E-state index >= 15 is 0 Å². The number of benzene rings is 2. The maximum Gasteiger partial charge on any atom is 0.250 e. The number of halogens is 1. The van der Waals surface area contributed by atoms with Crippen molar-refractivity contribution >= 4 is 35.5 Å². The maximum absolute atomic E-state index is 11.8. The standard InChI is InChI=1S/C19H19ClN2O2S/c1-2-9-24-18-8-4-5-15(11-18)12-21-22-19(23)14-25-13-16-6-3-7-17(20)10-16/h2-8,10-12H,1,9,13-14H2,(H,22,23)/b21-12+. The molecule has 0 atom stereocenters. The summed E-state index contributed by atoms with van der Waals surface area (Å²) in [7, 11) is 0. The molecule has 1 amide bonds. The second kappa shape index (κ2) is 10.6. The molecule has 0 aliphatic heterocycles. The molecule has 0 aliphatic carbocycles. The summed E-state index contributed by atoms with van der Waals surface area (Å²) in [6, 6.07) is 15.0. The molecule has 2 aromatic rings. The summed E-state index contributed by atoms with van der Waals surface area (Å²) in [5, 5.41) is 4.67. The van der Waals surface area contributed by atoms with Crippen LogP contribution in [0, 0.1) is 0 Å². The third-order valence-corrected chi connectivity index (χ3v) is 4.26. The molecule has 4 nitrogen and oxygen atoms in total. The predicted molar refractivity (Wildman–Crippen MR) is 105 cm³/mol. The van der Waals surface area contributed by atoms with E-state index in [0.717, 1.165) is 22.6 Å². The summed E-state index contributed by atoms with van der Waals surface area (Å²) in [6.07, 6.45) is 3.27. The highest BCUT2D eigenvalue weighted by molar-refractivity contribution is 7.99. The molecule has 0 fully saturated rings. The zero-order valence-corrected chi connectivity index (χ0v) is 15.2. The Kier molecular flexibility index (Phi) is 8.09. The first kappa shape index (κ1) is 19.1. The van der Waals surface area contributed by atoms with Crippen LogP contribution in [0.4, 0.5) is 0 Å². The molecule has 25 heavy (non-hydrogen) atoms. The molecular formula is C19H19ClN2O2S. The monoisotopic (exact) mass is 374 g/mol. The molecule has 0 spiro atoms. The highest BCUT2D eigenvalue weighted by Gasteiger charge is 2.01. The van der Waals surface area contributed by atoms with Gasteiger partial charge in [0.2, 0.25) is 5.91 Å². The molecular weight excluding hydrogens is 356 g/mol. The Hall–Kier alpha value is -2.24. The summed E-state index contributed by atoms with van der Waals surface area (Å²) in [6.45, 7) is 4.05. The van der Waals surface area contributed by atoms with Crippen molar-refractivity contribution in [1.29, 1.82) is 0 Å². The Morgan fingerprint density at radius 1 is 1.28 bits per heavy atom. The van der Waals surface area contributed by atoms with Crippen molar-refractivity contribution < 1.29 is 9.53 Å². The predicted octanol–water partition coefficient (Wildman–Crippen LogP) is 4.29. The van der Waals surface area contributed by atoms with Crippen molar-refractivity contribution in [2.24, 2.45) is 5.10 Å². The van der Waals surface area contributed by atoms with Gasteiger partial charge in [-0.15, -0.1) is 11.8 Å². The van der Waals surface area contributed by atoms with Crippen LogP contribution in [0.3, 0.4) is 0 Å². The first-order chi connectivity index (χ1) is 12.2. The SMILES string of the molecule is C=CCOc1cccc(/C=N/NC(=O)CSCc2cccc(Cl)c2)c1. The normalized spacial score (nSPS) is 10.6. The first-order valence-electron chi connectivity index (χ1n) is 7.65. The zero-order valence-electron chi connectivity index (χ0n) is 13.7. The number of hydrogen-bond acceptors (Lipinski definition) is 4. The lowest BCUT2D eigenvalue weighted by Gasteiger charge is -2.04. The first-order valence-corrected chi connectivity index (χ1v) is 9.18. The topological polar surface area (TPSA) is 50.7 Å². The van der Waals surface area contributed by atoms with Gasteiger partial charge in [0, 0.05) is 10.8 Å². The molecule has 0 radical (unpaired) electrons. The quantitative estimate of drug-likeness (QED) is 0.404. The minimum Gasteiger partial charge on any atom is -0.490 e. The highest BCUT2D eigenvalue weighted by Crippen LogP contribution is 2.16. The van der Waals surface area contributed by atoms with E-state index in [4.69, 9.17) is 16.3 Å². The Labute approximate surface area is 156 Å². The lowest BCUT2D eigenvalue weighted by atomic mass is 10.2. The molecule has 1 N–H and O–H groups in total. The van der Waals surface area contributed by atoms with Crippen LogP contribution in [0.25, 0.3) is 0 Å². The summed E-state index contributed by atoms with van der Waals surface area (Å²) >= 11 is 7.44. The van der Waals surface area contributed by atoms with E-state index < -0.39 is 0 Å². The summed E-state index contributed by atoms with van der Waals surface area (Å²) in [5.74, 6) is 1.63. The minimum absolute atomic E-state index is 0.151. The number of thioether (sulfide) groups is 1. The molecule has 6 heteroatoms. The number of ether oxygens (including phenoxy) is 1. The fourth-order valence-corrected chi connectivity index (χ4v) is 2.92. The van der Waals surface area contributed by atoms with Crippen molar-refractivity contribution in [3.05, 3.63) is 77.3 Å². The molecule has 0 aliphatic rings. The van der Waals surface area contributed by atoms with Crippen LogP contribution in [-0.2, 0) is 10.5 Å². The second-order valence-corrected chi connectivity index (χ2v) is 6.51. The molecule has 0 saturated heterocycles. The molecule has 130 valence electrons. The van der Waals surface area contributed by atoms with Crippen molar-refractivity contribution in [3.63, 3.8) is 0 Å². The van der Waals surface area contributed by atoms with Gasteiger partial charge in [-0.2, -0.15) is 5.10 Å². The number of amides is 1. The van der Waals surface area contributed by atoms with Crippen LogP contribution in [-0.4, -0.2) is 24.5 Å². The molecule has 0 unspecified atom stereocenters. The average Bonchev–Trinajstić information content (AvgIpc) is 2.60. The van der Waals surface area contributed by atoms with Crippen molar-refractivity contribution in [2.45, 2.75) is 5.75 Å². The van der Waals surface area contributed by atoms with Crippen LogP contribution < -0.4 is 10.2 Å². The zero-order chi connectivity index (χ0) is 17.9. The van der Waals surface area contributed by atoms with E-state index in [9.17, 15) is 4.79 Å². The van der Waals surface area contributed by atoms with E-state index in [2.05, 4.69) is 17.1 Å². The van der Waals surface area contributed by atoms with Crippen LogP contribution in [0.1, 0.15) is 11.1 Å². The molecule has 0 heterocycles. The maximum atomic E-state index is 11.8. The number of hydrogen-bond donors (Lipinski definition) is 1. The van der Waals surface area contributed by atoms with Crippen molar-refractivity contribution in [3.8, 4) is 5.75 Å². The van der Waals surface area contributed by atoms with Gasteiger partial charge in [0.05, 0.1) is 12.0 Å². The summed E-state index contributed by atoms with van der Waals surface area (Å²) < 4.78 is 5.45. The molecule has 0 saturated carbocycles.